The lowest BCUT2D eigenvalue weighted by molar-refractivity contribution is -0.257. The van der Waals surface area contributed by atoms with Gasteiger partial charge in [-0.05, 0) is 62.2 Å². The van der Waals surface area contributed by atoms with Gasteiger partial charge in [0.2, 0.25) is 0 Å². The SMILES string of the molecule is O=C([O-])c1ccc(CN2CCC(CNC(=O)c3n[nH]c4ccc(Br)cc34)CC2)o1. The van der Waals surface area contributed by atoms with Gasteiger partial charge in [-0.1, -0.05) is 15.9 Å². The van der Waals surface area contributed by atoms with Crippen molar-refractivity contribution in [3.63, 3.8) is 0 Å². The highest BCUT2D eigenvalue weighted by molar-refractivity contribution is 9.10. The van der Waals surface area contributed by atoms with Crippen molar-refractivity contribution in [2.45, 2.75) is 19.4 Å². The van der Waals surface area contributed by atoms with Crippen LogP contribution < -0.4 is 10.4 Å². The second-order valence-corrected chi connectivity index (χ2v) is 8.16. The second-order valence-electron chi connectivity index (χ2n) is 7.25. The Kier molecular flexibility index (Phi) is 5.68. The van der Waals surface area contributed by atoms with Crippen LogP contribution >= 0.6 is 15.9 Å². The molecule has 3 heterocycles. The molecule has 2 aromatic heterocycles. The number of halogens is 1. The van der Waals surface area contributed by atoms with Gasteiger partial charge in [-0.3, -0.25) is 14.8 Å². The van der Waals surface area contributed by atoms with E-state index in [1.165, 1.54) is 6.07 Å². The molecule has 1 aromatic carbocycles. The smallest absolute Gasteiger partial charge is 0.272 e. The molecule has 1 aliphatic heterocycles. The van der Waals surface area contributed by atoms with Gasteiger partial charge in [0.15, 0.2) is 5.69 Å². The van der Waals surface area contributed by atoms with Gasteiger partial charge in [0, 0.05) is 16.4 Å². The van der Waals surface area contributed by atoms with Crippen LogP contribution in [-0.2, 0) is 6.54 Å². The van der Waals surface area contributed by atoms with Crippen LogP contribution in [0, 0.1) is 5.92 Å². The Morgan fingerprint density at radius 1 is 1.28 bits per heavy atom. The van der Waals surface area contributed by atoms with E-state index in [4.69, 9.17) is 4.42 Å². The van der Waals surface area contributed by atoms with Crippen LogP contribution in [0.25, 0.3) is 10.9 Å². The largest absolute Gasteiger partial charge is 0.542 e. The van der Waals surface area contributed by atoms with E-state index in [9.17, 15) is 14.7 Å². The third kappa shape index (κ3) is 4.51. The number of carbonyl (C=O) groups excluding carboxylic acids is 2. The number of carboxylic acid groups (broad SMARTS) is 1. The van der Waals surface area contributed by atoms with Gasteiger partial charge in [-0.25, -0.2) is 0 Å². The number of hydrogen-bond donors (Lipinski definition) is 2. The average Bonchev–Trinajstić information content (AvgIpc) is 3.34. The summed E-state index contributed by atoms with van der Waals surface area (Å²) in [6, 6.07) is 8.76. The van der Waals surface area contributed by atoms with Crippen molar-refractivity contribution in [3.05, 3.63) is 52.0 Å². The van der Waals surface area contributed by atoms with E-state index in [2.05, 4.69) is 36.3 Å². The summed E-state index contributed by atoms with van der Waals surface area (Å²) >= 11 is 3.42. The maximum Gasteiger partial charge on any atom is 0.272 e. The first-order valence-electron chi connectivity index (χ1n) is 9.44. The summed E-state index contributed by atoms with van der Waals surface area (Å²) in [5, 5.41) is 21.6. The van der Waals surface area contributed by atoms with Crippen LogP contribution in [-0.4, -0.2) is 46.6 Å². The molecule has 0 unspecified atom stereocenters. The number of rotatable bonds is 6. The Morgan fingerprint density at radius 2 is 2.07 bits per heavy atom. The number of furan rings is 1. The molecular weight excluding hydrogens is 440 g/mol. The first-order chi connectivity index (χ1) is 14.0. The topological polar surface area (TPSA) is 114 Å². The Morgan fingerprint density at radius 3 is 2.79 bits per heavy atom. The minimum atomic E-state index is -1.30. The van der Waals surface area contributed by atoms with Crippen LogP contribution in [0.2, 0.25) is 0 Å². The summed E-state index contributed by atoms with van der Waals surface area (Å²) in [7, 11) is 0. The molecule has 4 rings (SSSR count). The molecule has 3 aromatic rings. The standard InChI is InChI=1S/C20H21BrN4O4/c21-13-1-3-16-15(9-13)18(24-23-16)19(26)22-10-12-5-7-25(8-6-12)11-14-2-4-17(29-14)20(27)28/h1-4,9,12H,5-8,10-11H2,(H,22,26)(H,23,24)(H,27,28)/p-1. The highest BCUT2D eigenvalue weighted by atomic mass is 79.9. The van der Waals surface area contributed by atoms with Crippen molar-refractivity contribution in [2.75, 3.05) is 19.6 Å². The highest BCUT2D eigenvalue weighted by Gasteiger charge is 2.22. The first-order valence-corrected chi connectivity index (χ1v) is 10.2. The molecule has 0 aliphatic carbocycles. The number of likely N-dealkylation sites (tertiary alicyclic amines) is 1. The van der Waals surface area contributed by atoms with Crippen molar-refractivity contribution in [1.82, 2.24) is 20.4 Å². The fourth-order valence-corrected chi connectivity index (χ4v) is 3.98. The summed E-state index contributed by atoms with van der Waals surface area (Å²) in [4.78, 5) is 25.6. The first kappa shape index (κ1) is 19.7. The summed E-state index contributed by atoms with van der Waals surface area (Å²) in [5.74, 6) is -0.615. The van der Waals surface area contributed by atoms with E-state index < -0.39 is 5.97 Å². The van der Waals surface area contributed by atoms with Gasteiger partial charge in [-0.15, -0.1) is 0 Å². The molecule has 29 heavy (non-hydrogen) atoms. The number of H-pyrrole nitrogens is 1. The normalized spacial score (nSPS) is 15.6. The van der Waals surface area contributed by atoms with Crippen LogP contribution in [0.1, 0.15) is 39.6 Å². The number of aromatic amines is 1. The van der Waals surface area contributed by atoms with Crippen LogP contribution in [0.3, 0.4) is 0 Å². The maximum absolute atomic E-state index is 12.6. The van der Waals surface area contributed by atoms with Crippen LogP contribution in [0.15, 0.2) is 39.2 Å². The predicted octanol–water partition coefficient (Wildman–Crippen LogP) is 1.92. The zero-order chi connectivity index (χ0) is 20.4. The maximum atomic E-state index is 12.6. The molecule has 2 N–H and O–H groups in total. The third-order valence-electron chi connectivity index (χ3n) is 5.24. The Labute approximate surface area is 175 Å². The lowest BCUT2D eigenvalue weighted by atomic mass is 9.96. The number of hydrogen-bond acceptors (Lipinski definition) is 6. The number of aromatic nitrogens is 2. The second kappa shape index (κ2) is 8.38. The van der Waals surface area contributed by atoms with Gasteiger partial charge >= 0.3 is 0 Å². The fourth-order valence-electron chi connectivity index (χ4n) is 3.62. The minimum Gasteiger partial charge on any atom is -0.542 e. The number of benzene rings is 1. The highest BCUT2D eigenvalue weighted by Crippen LogP contribution is 2.22. The van der Waals surface area contributed by atoms with Gasteiger partial charge in [0.25, 0.3) is 5.91 Å². The van der Waals surface area contributed by atoms with Gasteiger partial charge in [0.05, 0.1) is 12.1 Å². The molecular formula is C20H20BrN4O4-. The molecule has 1 amide bonds. The lowest BCUT2D eigenvalue weighted by Gasteiger charge is -2.31. The van der Waals surface area contributed by atoms with Crippen molar-refractivity contribution in [1.29, 1.82) is 0 Å². The molecule has 0 spiro atoms. The number of fused-ring (bicyclic) bond motifs is 1. The van der Waals surface area contributed by atoms with E-state index in [0.29, 0.717) is 30.5 Å². The van der Waals surface area contributed by atoms with Crippen LogP contribution in [0.4, 0.5) is 0 Å². The number of carboxylic acids is 1. The van der Waals surface area contributed by atoms with Gasteiger partial charge in [-0.2, -0.15) is 5.10 Å². The number of aromatic carboxylic acids is 1. The van der Waals surface area contributed by atoms with E-state index >= 15 is 0 Å². The van der Waals surface area contributed by atoms with Crippen LogP contribution in [0.5, 0.6) is 0 Å². The number of nitrogens with zero attached hydrogens (tertiary/aromatic N) is 2. The molecule has 0 radical (unpaired) electrons. The fraction of sp³-hybridized carbons (Fsp3) is 0.350. The Bertz CT molecular complexity index is 1040. The van der Waals surface area contributed by atoms with Gasteiger partial charge in [0.1, 0.15) is 17.5 Å². The van der Waals surface area contributed by atoms with Crippen molar-refractivity contribution < 1.29 is 19.1 Å². The average molecular weight is 460 g/mol. The molecule has 1 aliphatic rings. The Hall–Kier alpha value is -2.65. The molecule has 1 fully saturated rings. The number of carbonyl (C=O) groups is 2. The number of nitrogens with one attached hydrogen (secondary N) is 2. The molecule has 0 bridgehead atoms. The molecule has 8 nitrogen and oxygen atoms in total. The lowest BCUT2D eigenvalue weighted by Crippen LogP contribution is -2.38. The zero-order valence-corrected chi connectivity index (χ0v) is 17.2. The monoisotopic (exact) mass is 459 g/mol. The van der Waals surface area contributed by atoms with E-state index in [0.717, 1.165) is 41.3 Å². The summed E-state index contributed by atoms with van der Waals surface area (Å²) in [5.41, 5.74) is 1.23. The quantitative estimate of drug-likeness (QED) is 0.581. The molecule has 0 atom stereocenters. The minimum absolute atomic E-state index is 0.143. The van der Waals surface area contributed by atoms with Gasteiger partial charge < -0.3 is 19.6 Å². The molecule has 1 saturated heterocycles. The zero-order valence-electron chi connectivity index (χ0n) is 15.6. The molecule has 0 saturated carbocycles. The van der Waals surface area contributed by atoms with Crippen molar-refractivity contribution in [2.24, 2.45) is 5.92 Å². The number of amides is 1. The molecule has 152 valence electrons. The van der Waals surface area contributed by atoms with Crippen molar-refractivity contribution in [3.8, 4) is 0 Å². The van der Waals surface area contributed by atoms with Crippen molar-refractivity contribution >= 4 is 38.7 Å². The summed E-state index contributed by atoms with van der Waals surface area (Å²) in [6.45, 7) is 2.89. The third-order valence-corrected chi connectivity index (χ3v) is 5.73. The number of piperidine rings is 1. The Balaban J connectivity index is 1.26. The molecule has 9 heteroatoms. The summed E-state index contributed by atoms with van der Waals surface area (Å²) < 4.78 is 6.16. The summed E-state index contributed by atoms with van der Waals surface area (Å²) in [6.07, 6.45) is 1.89. The predicted molar refractivity (Wildman–Crippen MR) is 107 cm³/mol. The van der Waals surface area contributed by atoms with E-state index in [1.54, 1.807) is 6.07 Å². The van der Waals surface area contributed by atoms with E-state index in [1.807, 2.05) is 18.2 Å². The van der Waals surface area contributed by atoms with E-state index in [-0.39, 0.29) is 11.7 Å².